The molecule has 0 atom stereocenters. The third-order valence-corrected chi connectivity index (χ3v) is 1.18. The van der Waals surface area contributed by atoms with Crippen molar-refractivity contribution in [3.8, 4) is 0 Å². The Morgan fingerprint density at radius 3 is 2.75 bits per heavy atom. The fourth-order valence-corrected chi connectivity index (χ4v) is 0.719. The third kappa shape index (κ3) is 1.18. The molecule has 0 spiro atoms. The molecule has 0 saturated carbocycles. The van der Waals surface area contributed by atoms with Gasteiger partial charge < -0.3 is 0 Å². The predicted molar refractivity (Wildman–Crippen MR) is 33.2 cm³/mol. The van der Waals surface area contributed by atoms with Crippen molar-refractivity contribution in [2.45, 2.75) is 0 Å². The summed E-state index contributed by atoms with van der Waals surface area (Å²) in [5.74, 6) is 0.322. The summed E-state index contributed by atoms with van der Waals surface area (Å²) in [6.45, 7) is 0. The molecule has 0 aliphatic heterocycles. The monoisotopic (exact) mass is 175 g/mol. The molecule has 8 heavy (non-hydrogen) atoms. The number of hydrogen-bond donors (Lipinski definition) is 1. The van der Waals surface area contributed by atoms with Crippen LogP contribution in [0.25, 0.3) is 0 Å². The molecule has 0 unspecified atom stereocenters. The molecule has 1 heterocycles. The van der Waals surface area contributed by atoms with E-state index >= 15 is 0 Å². The van der Waals surface area contributed by atoms with E-state index in [0.29, 0.717) is 5.95 Å². The van der Waals surface area contributed by atoms with Gasteiger partial charge in [-0.3, -0.25) is 0 Å². The van der Waals surface area contributed by atoms with E-state index in [2.05, 4.69) is 26.0 Å². The van der Waals surface area contributed by atoms with Gasteiger partial charge in [0, 0.05) is 0 Å². The zero-order valence-electron chi connectivity index (χ0n) is 4.07. The maximum absolute atomic E-state index is 5.23. The quantitative estimate of drug-likeness (QED) is 0.491. The molecule has 1 aromatic rings. The van der Waals surface area contributed by atoms with E-state index in [4.69, 9.17) is 5.73 Å². The minimum atomic E-state index is 0.322. The van der Waals surface area contributed by atoms with Crippen LogP contribution >= 0.6 is 0 Å². The first-order chi connectivity index (χ1) is 3.79. The molecule has 0 bridgehead atoms. The standard InChI is InChI=1S/C4H5N3Se/c5-4-6-2-1-3(8)7-4/h1-2H,(H3,5,6,7,8). The van der Waals surface area contributed by atoms with Crippen LogP contribution in [0.1, 0.15) is 0 Å². The summed E-state index contributed by atoms with van der Waals surface area (Å²) in [5.41, 5.74) is 5.23. The second-order valence-electron chi connectivity index (χ2n) is 1.27. The van der Waals surface area contributed by atoms with Crippen LogP contribution in [0.15, 0.2) is 12.3 Å². The Morgan fingerprint density at radius 2 is 2.38 bits per heavy atom. The molecule has 1 rings (SSSR count). The van der Waals surface area contributed by atoms with E-state index in [1.165, 1.54) is 0 Å². The second-order valence-corrected chi connectivity index (χ2v) is 2.23. The van der Waals surface area contributed by atoms with Crippen molar-refractivity contribution >= 4 is 26.6 Å². The molecule has 2 N–H and O–H groups in total. The van der Waals surface area contributed by atoms with Crippen LogP contribution in [0.3, 0.4) is 0 Å². The Bertz CT molecular complexity index is 171. The molecule has 0 saturated heterocycles. The van der Waals surface area contributed by atoms with Crippen molar-refractivity contribution in [2.75, 3.05) is 5.73 Å². The zero-order chi connectivity index (χ0) is 5.98. The Hall–Kier alpha value is -0.601. The van der Waals surface area contributed by atoms with Crippen molar-refractivity contribution in [3.63, 3.8) is 0 Å². The molecule has 4 heteroatoms. The Balaban J connectivity index is 3.08. The molecule has 0 aromatic carbocycles. The fourth-order valence-electron chi connectivity index (χ4n) is 0.364. The van der Waals surface area contributed by atoms with Crippen LogP contribution in [-0.2, 0) is 0 Å². The van der Waals surface area contributed by atoms with Gasteiger partial charge in [-0.05, 0) is 0 Å². The van der Waals surface area contributed by atoms with E-state index in [1.807, 2.05) is 0 Å². The Kier molecular flexibility index (Phi) is 1.46. The van der Waals surface area contributed by atoms with E-state index in [0.717, 1.165) is 4.59 Å². The Morgan fingerprint density at radius 1 is 1.62 bits per heavy atom. The summed E-state index contributed by atoms with van der Waals surface area (Å²) in [6.07, 6.45) is 1.62. The normalized spacial score (nSPS) is 9.12. The van der Waals surface area contributed by atoms with Crippen LogP contribution in [0.2, 0.25) is 0 Å². The van der Waals surface area contributed by atoms with Gasteiger partial charge >= 0.3 is 54.5 Å². The summed E-state index contributed by atoms with van der Waals surface area (Å²) >= 11 is 2.29. The van der Waals surface area contributed by atoms with E-state index in [1.54, 1.807) is 12.3 Å². The van der Waals surface area contributed by atoms with Crippen molar-refractivity contribution in [1.29, 1.82) is 0 Å². The van der Waals surface area contributed by atoms with Gasteiger partial charge in [0.15, 0.2) is 0 Å². The first-order valence-corrected chi connectivity index (χ1v) is 3.00. The maximum atomic E-state index is 5.23. The molecular weight excluding hydrogens is 169 g/mol. The molecule has 3 nitrogen and oxygen atoms in total. The van der Waals surface area contributed by atoms with E-state index in [9.17, 15) is 0 Å². The number of hydrogen-bond acceptors (Lipinski definition) is 3. The molecule has 1 aromatic heterocycles. The van der Waals surface area contributed by atoms with Gasteiger partial charge in [-0.15, -0.1) is 0 Å². The fraction of sp³-hybridized carbons (Fsp3) is 0. The van der Waals surface area contributed by atoms with Crippen LogP contribution < -0.4 is 10.3 Å². The van der Waals surface area contributed by atoms with Crippen LogP contribution in [-0.4, -0.2) is 26.0 Å². The summed E-state index contributed by atoms with van der Waals surface area (Å²) in [7, 11) is 0. The van der Waals surface area contributed by atoms with Gasteiger partial charge in [0.25, 0.3) is 0 Å². The summed E-state index contributed by atoms with van der Waals surface area (Å²) in [6, 6.07) is 1.77. The van der Waals surface area contributed by atoms with Gasteiger partial charge in [-0.2, -0.15) is 0 Å². The van der Waals surface area contributed by atoms with Gasteiger partial charge in [-0.1, -0.05) is 0 Å². The number of nitrogen functional groups attached to an aromatic ring is 1. The van der Waals surface area contributed by atoms with Crippen molar-refractivity contribution in [1.82, 2.24) is 9.97 Å². The van der Waals surface area contributed by atoms with E-state index in [-0.39, 0.29) is 0 Å². The average Bonchev–Trinajstić information content (AvgIpc) is 1.64. The molecular formula is C4H5N3Se. The summed E-state index contributed by atoms with van der Waals surface area (Å²) in [5, 5.41) is 0. The topological polar surface area (TPSA) is 51.8 Å². The number of aromatic nitrogens is 2. The predicted octanol–water partition coefficient (Wildman–Crippen LogP) is -1.42. The SMILES string of the molecule is Nc1nccc([SeH])n1. The van der Waals surface area contributed by atoms with E-state index < -0.39 is 0 Å². The zero-order valence-corrected chi connectivity index (χ0v) is 5.95. The van der Waals surface area contributed by atoms with Gasteiger partial charge in [-0.25, -0.2) is 0 Å². The van der Waals surface area contributed by atoms with Crippen molar-refractivity contribution in [2.24, 2.45) is 0 Å². The van der Waals surface area contributed by atoms with Crippen LogP contribution in [0.4, 0.5) is 5.95 Å². The third-order valence-electron chi connectivity index (χ3n) is 0.660. The molecule has 42 valence electrons. The molecule has 0 fully saturated rings. The van der Waals surface area contributed by atoms with Gasteiger partial charge in [0.05, 0.1) is 0 Å². The number of nitrogens with two attached hydrogens (primary N) is 1. The molecule has 0 aliphatic carbocycles. The first kappa shape index (κ1) is 5.53. The number of anilines is 1. The van der Waals surface area contributed by atoms with Crippen molar-refractivity contribution < 1.29 is 0 Å². The minimum absolute atomic E-state index is 0.322. The summed E-state index contributed by atoms with van der Waals surface area (Å²) < 4.78 is 0.838. The molecule has 0 amide bonds. The molecule has 0 aliphatic rings. The van der Waals surface area contributed by atoms with Crippen molar-refractivity contribution in [3.05, 3.63) is 12.3 Å². The summed E-state index contributed by atoms with van der Waals surface area (Å²) in [4.78, 5) is 7.51. The number of rotatable bonds is 0. The van der Waals surface area contributed by atoms with Crippen LogP contribution in [0.5, 0.6) is 0 Å². The first-order valence-electron chi connectivity index (χ1n) is 2.06. The van der Waals surface area contributed by atoms with Crippen LogP contribution in [0, 0.1) is 0 Å². The average molecular weight is 174 g/mol. The van der Waals surface area contributed by atoms with Gasteiger partial charge in [0.1, 0.15) is 0 Å². The second kappa shape index (κ2) is 2.11. The number of nitrogens with zero attached hydrogens (tertiary/aromatic N) is 2. The van der Waals surface area contributed by atoms with Gasteiger partial charge in [0.2, 0.25) is 0 Å². The molecule has 0 radical (unpaired) electrons. The Labute approximate surface area is 55.1 Å².